The van der Waals surface area contributed by atoms with Crippen LogP contribution in [0.5, 0.6) is 5.88 Å². The highest BCUT2D eigenvalue weighted by molar-refractivity contribution is 5.97. The van der Waals surface area contributed by atoms with E-state index in [0.717, 1.165) is 6.07 Å². The van der Waals surface area contributed by atoms with Crippen molar-refractivity contribution in [3.05, 3.63) is 59.3 Å². The molecule has 3 fully saturated rings. The van der Waals surface area contributed by atoms with Crippen LogP contribution in [-0.2, 0) is 9.53 Å². The molecule has 4 heterocycles. The molecule has 5 rings (SSSR count). The summed E-state index contributed by atoms with van der Waals surface area (Å²) in [5.41, 5.74) is -0.177. The lowest BCUT2D eigenvalue weighted by Crippen LogP contribution is -2.51. The Labute approximate surface area is 190 Å². The maximum atomic E-state index is 13.8. The summed E-state index contributed by atoms with van der Waals surface area (Å²) in [4.78, 5) is 34.0. The Morgan fingerprint density at radius 2 is 1.94 bits per heavy atom. The molecule has 3 saturated heterocycles. The van der Waals surface area contributed by atoms with E-state index in [4.69, 9.17) is 9.47 Å². The van der Waals surface area contributed by atoms with E-state index in [2.05, 4.69) is 4.98 Å². The van der Waals surface area contributed by atoms with E-state index in [1.165, 1.54) is 12.1 Å². The standard InChI is InChI=1S/C24H25F2N3O4/c1-2-32-21-18(4-3-9-27-21)22(30)28-10-7-24(8-11-28)23(31)29-19(5-6-20(29)33-24)15-12-16(25)14-17(26)13-15/h3-4,9,12-14,19-20H,2,5-8,10-11H2,1H3/t19-,20?/m0/s1. The maximum absolute atomic E-state index is 13.8. The van der Waals surface area contributed by atoms with Crippen LogP contribution in [0.25, 0.3) is 0 Å². The molecule has 2 amide bonds. The van der Waals surface area contributed by atoms with Gasteiger partial charge in [0.25, 0.3) is 11.8 Å². The molecule has 3 aliphatic rings. The molecular weight excluding hydrogens is 432 g/mol. The first-order valence-corrected chi connectivity index (χ1v) is 11.3. The van der Waals surface area contributed by atoms with E-state index in [1.807, 2.05) is 6.92 Å². The summed E-state index contributed by atoms with van der Waals surface area (Å²) in [6.07, 6.45) is 3.07. The predicted molar refractivity (Wildman–Crippen MR) is 113 cm³/mol. The fraction of sp³-hybridized carbons (Fsp3) is 0.458. The molecule has 1 aromatic heterocycles. The number of amides is 2. The predicted octanol–water partition coefficient (Wildman–Crippen LogP) is 3.45. The fourth-order valence-electron chi connectivity index (χ4n) is 5.19. The molecule has 0 radical (unpaired) electrons. The number of nitrogens with zero attached hydrogens (tertiary/aromatic N) is 3. The van der Waals surface area contributed by atoms with Gasteiger partial charge in [-0.05, 0) is 49.6 Å². The number of fused-ring (bicyclic) bond motifs is 1. The number of piperidine rings is 1. The Bertz CT molecular complexity index is 1070. The Morgan fingerprint density at radius 1 is 1.21 bits per heavy atom. The van der Waals surface area contributed by atoms with Crippen molar-refractivity contribution in [3.63, 3.8) is 0 Å². The first-order chi connectivity index (χ1) is 15.9. The quantitative estimate of drug-likeness (QED) is 0.703. The molecule has 7 nitrogen and oxygen atoms in total. The number of halogens is 2. The number of hydrogen-bond acceptors (Lipinski definition) is 5. The van der Waals surface area contributed by atoms with Gasteiger partial charge in [0, 0.05) is 38.2 Å². The molecule has 0 aliphatic carbocycles. The number of carbonyl (C=O) groups excluding carboxylic acids is 2. The number of ether oxygens (including phenoxy) is 2. The first kappa shape index (κ1) is 21.8. The minimum absolute atomic E-state index is 0.164. The lowest BCUT2D eigenvalue weighted by molar-refractivity contribution is -0.142. The zero-order chi connectivity index (χ0) is 23.2. The smallest absolute Gasteiger partial charge is 0.259 e. The second kappa shape index (κ2) is 8.37. The van der Waals surface area contributed by atoms with Crippen molar-refractivity contribution < 1.29 is 27.8 Å². The van der Waals surface area contributed by atoms with Crippen molar-refractivity contribution in [3.8, 4) is 5.88 Å². The van der Waals surface area contributed by atoms with Crippen LogP contribution < -0.4 is 4.74 Å². The van der Waals surface area contributed by atoms with Crippen LogP contribution in [0.4, 0.5) is 8.78 Å². The van der Waals surface area contributed by atoms with E-state index in [-0.39, 0.29) is 11.8 Å². The highest BCUT2D eigenvalue weighted by Gasteiger charge is 2.58. The van der Waals surface area contributed by atoms with Crippen LogP contribution in [0.3, 0.4) is 0 Å². The SMILES string of the molecule is CCOc1ncccc1C(=O)N1CCC2(CC1)OC1CC[C@@H](c3cc(F)cc(F)c3)N1C2=O. The molecule has 1 aromatic carbocycles. The Balaban J connectivity index is 1.31. The van der Waals surface area contributed by atoms with E-state index >= 15 is 0 Å². The van der Waals surface area contributed by atoms with Crippen molar-refractivity contribution in [2.75, 3.05) is 19.7 Å². The normalized spacial score (nSPS) is 23.8. The summed E-state index contributed by atoms with van der Waals surface area (Å²) in [5, 5.41) is 0. The molecule has 174 valence electrons. The zero-order valence-corrected chi connectivity index (χ0v) is 18.3. The minimum Gasteiger partial charge on any atom is -0.477 e. The number of pyridine rings is 1. The van der Waals surface area contributed by atoms with Gasteiger partial charge in [-0.15, -0.1) is 0 Å². The van der Waals surface area contributed by atoms with E-state index in [1.54, 1.807) is 28.1 Å². The molecule has 9 heteroatoms. The molecule has 0 N–H and O–H groups in total. The molecule has 33 heavy (non-hydrogen) atoms. The van der Waals surface area contributed by atoms with Gasteiger partial charge in [-0.2, -0.15) is 0 Å². The van der Waals surface area contributed by atoms with Crippen LogP contribution in [0.2, 0.25) is 0 Å². The molecule has 2 aromatic rings. The summed E-state index contributed by atoms with van der Waals surface area (Å²) in [6.45, 7) is 2.93. The number of benzene rings is 1. The fourth-order valence-corrected chi connectivity index (χ4v) is 5.19. The Kier molecular flexibility index (Phi) is 5.52. The molecular formula is C24H25F2N3O4. The molecule has 0 saturated carbocycles. The van der Waals surface area contributed by atoms with Crippen molar-refractivity contribution in [1.29, 1.82) is 0 Å². The highest BCUT2D eigenvalue weighted by Crippen LogP contribution is 2.47. The number of hydrogen-bond donors (Lipinski definition) is 0. The van der Waals surface area contributed by atoms with Crippen molar-refractivity contribution >= 4 is 11.8 Å². The third-order valence-electron chi connectivity index (χ3n) is 6.73. The average molecular weight is 457 g/mol. The third kappa shape index (κ3) is 3.74. The van der Waals surface area contributed by atoms with E-state index in [0.29, 0.717) is 62.4 Å². The van der Waals surface area contributed by atoms with Gasteiger partial charge in [0.2, 0.25) is 5.88 Å². The number of aromatic nitrogens is 1. The number of carbonyl (C=O) groups is 2. The van der Waals surface area contributed by atoms with Gasteiger partial charge in [-0.25, -0.2) is 13.8 Å². The van der Waals surface area contributed by atoms with Crippen molar-refractivity contribution in [2.24, 2.45) is 0 Å². The van der Waals surface area contributed by atoms with Crippen LogP contribution in [0, 0.1) is 11.6 Å². The number of rotatable bonds is 4. The summed E-state index contributed by atoms with van der Waals surface area (Å²) in [7, 11) is 0. The molecule has 2 atom stereocenters. The monoisotopic (exact) mass is 457 g/mol. The van der Waals surface area contributed by atoms with Gasteiger partial charge in [-0.3, -0.25) is 9.59 Å². The summed E-state index contributed by atoms with van der Waals surface area (Å²) in [5.74, 6) is -1.39. The lowest BCUT2D eigenvalue weighted by atomic mass is 9.89. The Hall–Kier alpha value is -3.07. The summed E-state index contributed by atoms with van der Waals surface area (Å²) in [6, 6.07) is 6.33. The van der Waals surface area contributed by atoms with E-state index in [9.17, 15) is 18.4 Å². The lowest BCUT2D eigenvalue weighted by Gasteiger charge is -2.37. The van der Waals surface area contributed by atoms with Crippen LogP contribution in [0.1, 0.15) is 54.6 Å². The molecule has 0 bridgehead atoms. The Morgan fingerprint density at radius 3 is 2.64 bits per heavy atom. The zero-order valence-electron chi connectivity index (χ0n) is 18.3. The average Bonchev–Trinajstić information content (AvgIpc) is 3.32. The minimum atomic E-state index is -1.01. The van der Waals surface area contributed by atoms with Crippen LogP contribution >= 0.6 is 0 Å². The summed E-state index contributed by atoms with van der Waals surface area (Å²) >= 11 is 0. The van der Waals surface area contributed by atoms with Gasteiger partial charge in [0.1, 0.15) is 23.4 Å². The topological polar surface area (TPSA) is 72.0 Å². The summed E-state index contributed by atoms with van der Waals surface area (Å²) < 4.78 is 39.3. The molecule has 1 spiro atoms. The molecule has 1 unspecified atom stereocenters. The second-order valence-corrected chi connectivity index (χ2v) is 8.66. The van der Waals surface area contributed by atoms with E-state index < -0.39 is 29.5 Å². The van der Waals surface area contributed by atoms with Crippen LogP contribution in [-0.4, -0.2) is 58.1 Å². The van der Waals surface area contributed by atoms with Crippen molar-refractivity contribution in [2.45, 2.75) is 50.5 Å². The number of likely N-dealkylation sites (tertiary alicyclic amines) is 1. The van der Waals surface area contributed by atoms with Gasteiger partial charge in [0.15, 0.2) is 5.60 Å². The highest BCUT2D eigenvalue weighted by atomic mass is 19.1. The largest absolute Gasteiger partial charge is 0.477 e. The van der Waals surface area contributed by atoms with Crippen molar-refractivity contribution in [1.82, 2.24) is 14.8 Å². The first-order valence-electron chi connectivity index (χ1n) is 11.3. The van der Waals surface area contributed by atoms with Gasteiger partial charge < -0.3 is 19.3 Å². The second-order valence-electron chi connectivity index (χ2n) is 8.66. The van der Waals surface area contributed by atoms with Gasteiger partial charge in [0.05, 0.1) is 12.6 Å². The van der Waals surface area contributed by atoms with Gasteiger partial charge >= 0.3 is 0 Å². The molecule has 3 aliphatic heterocycles. The van der Waals surface area contributed by atoms with Crippen LogP contribution in [0.15, 0.2) is 36.5 Å². The third-order valence-corrected chi connectivity index (χ3v) is 6.73. The van der Waals surface area contributed by atoms with Gasteiger partial charge in [-0.1, -0.05) is 0 Å². The maximum Gasteiger partial charge on any atom is 0.259 e.